The van der Waals surface area contributed by atoms with Crippen LogP contribution in [0.1, 0.15) is 20.3 Å². The van der Waals surface area contributed by atoms with Crippen LogP contribution in [0.4, 0.5) is 0 Å². The minimum Gasteiger partial charge on any atom is -0.370 e. The van der Waals surface area contributed by atoms with Crippen molar-refractivity contribution >= 4 is 0 Å². The van der Waals surface area contributed by atoms with Gasteiger partial charge in [-0.25, -0.2) is 0 Å². The average Bonchev–Trinajstić information content (AvgIpc) is 2.59. The molecule has 2 rings (SSSR count). The lowest BCUT2D eigenvalue weighted by Crippen LogP contribution is -2.20. The molecular weight excluding hydrogens is 116 g/mol. The molecule has 0 spiro atoms. The maximum atomic E-state index is 5.45. The smallest absolute Gasteiger partial charge is 0.122 e. The van der Waals surface area contributed by atoms with Crippen molar-refractivity contribution < 1.29 is 9.47 Å². The Labute approximate surface area is 55.1 Å². The topological polar surface area (TPSA) is 25.1 Å². The zero-order valence-electron chi connectivity index (χ0n) is 5.89. The van der Waals surface area contributed by atoms with Gasteiger partial charge in [-0.3, -0.25) is 0 Å². The summed E-state index contributed by atoms with van der Waals surface area (Å²) >= 11 is 0. The van der Waals surface area contributed by atoms with Gasteiger partial charge in [0.2, 0.25) is 0 Å². The highest BCUT2D eigenvalue weighted by Crippen LogP contribution is 2.47. The van der Waals surface area contributed by atoms with Gasteiger partial charge in [-0.2, -0.15) is 0 Å². The van der Waals surface area contributed by atoms with E-state index in [0.717, 1.165) is 13.0 Å². The SMILES string of the molecule is CCC1(C2CO2)OC1C. The maximum absolute atomic E-state index is 5.45. The van der Waals surface area contributed by atoms with Crippen molar-refractivity contribution in [3.05, 3.63) is 0 Å². The van der Waals surface area contributed by atoms with Crippen LogP contribution < -0.4 is 0 Å². The Morgan fingerprint density at radius 3 is 2.33 bits per heavy atom. The third-order valence-corrected chi connectivity index (χ3v) is 2.46. The lowest BCUT2D eigenvalue weighted by atomic mass is 10.00. The summed E-state index contributed by atoms with van der Waals surface area (Å²) in [6, 6.07) is 0. The van der Waals surface area contributed by atoms with Crippen molar-refractivity contribution in [2.45, 2.75) is 38.1 Å². The highest BCUT2D eigenvalue weighted by atomic mass is 16.7. The van der Waals surface area contributed by atoms with Gasteiger partial charge in [-0.15, -0.1) is 0 Å². The Balaban J connectivity index is 2.03. The molecule has 0 aromatic rings. The number of ether oxygens (including phenoxy) is 2. The van der Waals surface area contributed by atoms with Crippen molar-refractivity contribution in [3.8, 4) is 0 Å². The van der Waals surface area contributed by atoms with Gasteiger partial charge in [0.05, 0.1) is 12.7 Å². The molecule has 2 aliphatic rings. The van der Waals surface area contributed by atoms with E-state index in [2.05, 4.69) is 13.8 Å². The molecule has 0 aromatic carbocycles. The lowest BCUT2D eigenvalue weighted by Gasteiger charge is -2.02. The Kier molecular flexibility index (Phi) is 0.945. The molecule has 0 amide bonds. The third-order valence-electron chi connectivity index (χ3n) is 2.46. The van der Waals surface area contributed by atoms with E-state index in [4.69, 9.17) is 9.47 Å². The van der Waals surface area contributed by atoms with Crippen LogP contribution in [0.2, 0.25) is 0 Å². The van der Waals surface area contributed by atoms with Gasteiger partial charge in [0.1, 0.15) is 11.7 Å². The van der Waals surface area contributed by atoms with Gasteiger partial charge in [0, 0.05) is 0 Å². The first-order valence-electron chi connectivity index (χ1n) is 3.59. The van der Waals surface area contributed by atoms with Gasteiger partial charge < -0.3 is 9.47 Å². The molecule has 2 saturated heterocycles. The second-order valence-electron chi connectivity index (χ2n) is 2.89. The molecule has 2 heteroatoms. The monoisotopic (exact) mass is 128 g/mol. The molecule has 0 radical (unpaired) electrons. The average molecular weight is 128 g/mol. The first kappa shape index (κ1) is 5.69. The van der Waals surface area contributed by atoms with Crippen LogP contribution in [0.5, 0.6) is 0 Å². The molecule has 0 aliphatic carbocycles. The minimum absolute atomic E-state index is 0.139. The van der Waals surface area contributed by atoms with Gasteiger partial charge in [-0.1, -0.05) is 6.92 Å². The minimum atomic E-state index is 0.139. The van der Waals surface area contributed by atoms with Gasteiger partial charge >= 0.3 is 0 Å². The van der Waals surface area contributed by atoms with Crippen molar-refractivity contribution in [1.82, 2.24) is 0 Å². The first-order chi connectivity index (χ1) is 4.29. The largest absolute Gasteiger partial charge is 0.370 e. The fourth-order valence-electron chi connectivity index (χ4n) is 1.56. The lowest BCUT2D eigenvalue weighted by molar-refractivity contribution is 0.229. The highest BCUT2D eigenvalue weighted by molar-refractivity contribution is 5.09. The maximum Gasteiger partial charge on any atom is 0.122 e. The van der Waals surface area contributed by atoms with Crippen molar-refractivity contribution in [3.63, 3.8) is 0 Å². The van der Waals surface area contributed by atoms with Gasteiger partial charge in [0.15, 0.2) is 0 Å². The summed E-state index contributed by atoms with van der Waals surface area (Å²) in [6.07, 6.45) is 1.96. The third kappa shape index (κ3) is 0.634. The molecule has 9 heavy (non-hydrogen) atoms. The van der Waals surface area contributed by atoms with Crippen LogP contribution in [-0.2, 0) is 9.47 Å². The normalized spacial score (nSPS) is 55.3. The van der Waals surface area contributed by atoms with Crippen molar-refractivity contribution in [2.24, 2.45) is 0 Å². The van der Waals surface area contributed by atoms with Crippen LogP contribution in [-0.4, -0.2) is 24.4 Å². The van der Waals surface area contributed by atoms with E-state index in [1.165, 1.54) is 0 Å². The molecule has 2 fully saturated rings. The second-order valence-corrected chi connectivity index (χ2v) is 2.89. The number of hydrogen-bond donors (Lipinski definition) is 0. The number of hydrogen-bond acceptors (Lipinski definition) is 2. The van der Waals surface area contributed by atoms with Crippen LogP contribution in [0.3, 0.4) is 0 Å². The van der Waals surface area contributed by atoms with E-state index in [0.29, 0.717) is 12.2 Å². The zero-order valence-corrected chi connectivity index (χ0v) is 5.89. The zero-order chi connectivity index (χ0) is 6.48. The highest BCUT2D eigenvalue weighted by Gasteiger charge is 2.62. The molecule has 2 heterocycles. The molecule has 2 nitrogen and oxygen atoms in total. The van der Waals surface area contributed by atoms with Gasteiger partial charge in [0.25, 0.3) is 0 Å². The summed E-state index contributed by atoms with van der Waals surface area (Å²) in [5.41, 5.74) is 0.139. The van der Waals surface area contributed by atoms with Crippen molar-refractivity contribution in [2.75, 3.05) is 6.61 Å². The Morgan fingerprint density at radius 2 is 2.22 bits per heavy atom. The molecule has 0 saturated carbocycles. The fraction of sp³-hybridized carbons (Fsp3) is 1.00. The van der Waals surface area contributed by atoms with E-state index in [1.54, 1.807) is 0 Å². The molecule has 2 aliphatic heterocycles. The predicted octanol–water partition coefficient (Wildman–Crippen LogP) is 0.953. The number of epoxide rings is 2. The standard InChI is InChI=1S/C7H12O2/c1-3-7(5(2)9-7)6-4-8-6/h5-6H,3-4H2,1-2H3. The second kappa shape index (κ2) is 1.50. The van der Waals surface area contributed by atoms with Crippen LogP contribution in [0.15, 0.2) is 0 Å². The summed E-state index contributed by atoms with van der Waals surface area (Å²) in [5, 5.41) is 0. The summed E-state index contributed by atoms with van der Waals surface area (Å²) in [7, 11) is 0. The van der Waals surface area contributed by atoms with E-state index >= 15 is 0 Å². The molecule has 0 bridgehead atoms. The van der Waals surface area contributed by atoms with E-state index in [-0.39, 0.29) is 5.60 Å². The van der Waals surface area contributed by atoms with Crippen LogP contribution in [0.25, 0.3) is 0 Å². The van der Waals surface area contributed by atoms with Crippen molar-refractivity contribution in [1.29, 1.82) is 0 Å². The predicted molar refractivity (Wildman–Crippen MR) is 33.3 cm³/mol. The molecule has 52 valence electrons. The van der Waals surface area contributed by atoms with Gasteiger partial charge in [-0.05, 0) is 13.3 Å². The molecule has 0 N–H and O–H groups in total. The Bertz CT molecular complexity index is 127. The summed E-state index contributed by atoms with van der Waals surface area (Å²) < 4.78 is 10.6. The van der Waals surface area contributed by atoms with E-state index < -0.39 is 0 Å². The summed E-state index contributed by atoms with van der Waals surface area (Å²) in [6.45, 7) is 5.19. The first-order valence-corrected chi connectivity index (χ1v) is 3.59. The van der Waals surface area contributed by atoms with Crippen LogP contribution in [0, 0.1) is 0 Å². The quantitative estimate of drug-likeness (QED) is 0.517. The molecule has 3 atom stereocenters. The van der Waals surface area contributed by atoms with Crippen LogP contribution >= 0.6 is 0 Å². The molecule has 0 aromatic heterocycles. The molecule has 3 unspecified atom stereocenters. The Hall–Kier alpha value is -0.0800. The summed E-state index contributed by atoms with van der Waals surface area (Å²) in [4.78, 5) is 0. The number of rotatable bonds is 2. The van der Waals surface area contributed by atoms with E-state index in [9.17, 15) is 0 Å². The Morgan fingerprint density at radius 1 is 1.67 bits per heavy atom. The summed E-state index contributed by atoms with van der Waals surface area (Å²) in [5.74, 6) is 0. The fourth-order valence-corrected chi connectivity index (χ4v) is 1.56. The molecular formula is C7H12O2. The van der Waals surface area contributed by atoms with E-state index in [1.807, 2.05) is 0 Å².